The van der Waals surface area contributed by atoms with Crippen LogP contribution < -0.4 is 4.90 Å². The van der Waals surface area contributed by atoms with Gasteiger partial charge in [0.05, 0.1) is 12.7 Å². The second-order valence-electron chi connectivity index (χ2n) is 5.86. The monoisotopic (exact) mass is 313 g/mol. The molecule has 1 aliphatic heterocycles. The lowest BCUT2D eigenvalue weighted by Crippen LogP contribution is -2.46. The third-order valence-electron chi connectivity index (χ3n) is 4.39. The van der Waals surface area contributed by atoms with Crippen molar-refractivity contribution in [1.82, 2.24) is 9.88 Å². The van der Waals surface area contributed by atoms with Crippen molar-refractivity contribution in [3.8, 4) is 0 Å². The van der Waals surface area contributed by atoms with Crippen LogP contribution in [0.15, 0.2) is 30.5 Å². The number of piperazine rings is 1. The van der Waals surface area contributed by atoms with Gasteiger partial charge >= 0.3 is 5.97 Å². The van der Waals surface area contributed by atoms with E-state index in [1.807, 2.05) is 24.3 Å². The van der Waals surface area contributed by atoms with Gasteiger partial charge in [0.1, 0.15) is 5.82 Å². The Kier molecular flexibility index (Phi) is 4.76. The summed E-state index contributed by atoms with van der Waals surface area (Å²) in [6.07, 6.45) is 2.83. The molecule has 5 nitrogen and oxygen atoms in total. The highest BCUT2D eigenvalue weighted by Crippen LogP contribution is 2.28. The van der Waals surface area contributed by atoms with Crippen LogP contribution in [-0.4, -0.2) is 55.7 Å². The highest BCUT2D eigenvalue weighted by atomic mass is 16.5. The second-order valence-corrected chi connectivity index (χ2v) is 5.86. The Bertz CT molecular complexity index is 694. The molecular formula is C18H23N3O2. The number of ether oxygens (including phenoxy) is 1. The lowest BCUT2D eigenvalue weighted by molar-refractivity contribution is 0.0602. The Morgan fingerprint density at radius 2 is 1.87 bits per heavy atom. The van der Waals surface area contributed by atoms with Crippen molar-refractivity contribution in [2.45, 2.75) is 13.3 Å². The van der Waals surface area contributed by atoms with Crippen molar-refractivity contribution in [1.29, 1.82) is 0 Å². The van der Waals surface area contributed by atoms with E-state index in [-0.39, 0.29) is 5.97 Å². The zero-order chi connectivity index (χ0) is 16.2. The van der Waals surface area contributed by atoms with E-state index in [0.29, 0.717) is 5.56 Å². The Labute approximate surface area is 136 Å². The molecule has 1 saturated heterocycles. The summed E-state index contributed by atoms with van der Waals surface area (Å²) in [6.45, 7) is 7.42. The standard InChI is InChI=1S/C18H23N3O2/c1-3-8-20-9-11-21(12-10-20)17-15-7-5-4-6-14(15)16(13-19-17)18(22)23-2/h4-7,13H,3,8-12H2,1-2H3. The minimum Gasteiger partial charge on any atom is -0.465 e. The van der Waals surface area contributed by atoms with Crippen LogP contribution >= 0.6 is 0 Å². The van der Waals surface area contributed by atoms with Crippen molar-refractivity contribution in [3.05, 3.63) is 36.0 Å². The molecule has 0 saturated carbocycles. The molecule has 0 amide bonds. The molecule has 2 heterocycles. The Morgan fingerprint density at radius 3 is 2.52 bits per heavy atom. The van der Waals surface area contributed by atoms with Crippen molar-refractivity contribution in [2.24, 2.45) is 0 Å². The molecule has 23 heavy (non-hydrogen) atoms. The van der Waals surface area contributed by atoms with Crippen LogP contribution in [0.4, 0.5) is 5.82 Å². The fraction of sp³-hybridized carbons (Fsp3) is 0.444. The molecule has 2 aromatic rings. The van der Waals surface area contributed by atoms with Gasteiger partial charge in [-0.05, 0) is 13.0 Å². The number of rotatable bonds is 4. The predicted molar refractivity (Wildman–Crippen MR) is 92.0 cm³/mol. The Hall–Kier alpha value is -2.14. The molecule has 0 N–H and O–H groups in total. The number of anilines is 1. The third kappa shape index (κ3) is 3.15. The number of nitrogens with zero attached hydrogens (tertiary/aromatic N) is 3. The topological polar surface area (TPSA) is 45.7 Å². The summed E-state index contributed by atoms with van der Waals surface area (Å²) in [7, 11) is 1.40. The molecular weight excluding hydrogens is 290 g/mol. The Balaban J connectivity index is 1.92. The molecule has 1 aromatic carbocycles. The molecule has 1 aliphatic rings. The van der Waals surface area contributed by atoms with Crippen LogP contribution in [0, 0.1) is 0 Å². The zero-order valence-corrected chi connectivity index (χ0v) is 13.8. The maximum Gasteiger partial charge on any atom is 0.340 e. The molecule has 5 heteroatoms. The summed E-state index contributed by atoms with van der Waals surface area (Å²) in [5.74, 6) is 0.623. The quantitative estimate of drug-likeness (QED) is 0.812. The van der Waals surface area contributed by atoms with E-state index in [1.165, 1.54) is 13.5 Å². The molecule has 1 fully saturated rings. The van der Waals surface area contributed by atoms with Gasteiger partial charge in [0, 0.05) is 43.1 Å². The summed E-state index contributed by atoms with van der Waals surface area (Å²) in [4.78, 5) is 21.3. The molecule has 0 aliphatic carbocycles. The summed E-state index contributed by atoms with van der Waals surface area (Å²) >= 11 is 0. The lowest BCUT2D eigenvalue weighted by Gasteiger charge is -2.35. The van der Waals surface area contributed by atoms with Crippen LogP contribution in [0.5, 0.6) is 0 Å². The number of aromatic nitrogens is 1. The highest BCUT2D eigenvalue weighted by molar-refractivity contribution is 6.07. The fourth-order valence-corrected chi connectivity index (χ4v) is 3.20. The first kappa shape index (κ1) is 15.7. The molecule has 0 unspecified atom stereocenters. The molecule has 0 spiro atoms. The largest absolute Gasteiger partial charge is 0.465 e. The van der Waals surface area contributed by atoms with E-state index in [1.54, 1.807) is 6.20 Å². The summed E-state index contributed by atoms with van der Waals surface area (Å²) in [5.41, 5.74) is 0.525. The minimum absolute atomic E-state index is 0.340. The maximum absolute atomic E-state index is 11.9. The Morgan fingerprint density at radius 1 is 1.17 bits per heavy atom. The van der Waals surface area contributed by atoms with Crippen LogP contribution in [0.3, 0.4) is 0 Å². The summed E-state index contributed by atoms with van der Waals surface area (Å²) in [5, 5.41) is 1.92. The number of esters is 1. The highest BCUT2D eigenvalue weighted by Gasteiger charge is 2.21. The zero-order valence-electron chi connectivity index (χ0n) is 13.8. The number of carbonyl (C=O) groups is 1. The molecule has 0 bridgehead atoms. The van der Waals surface area contributed by atoms with Gasteiger partial charge in [-0.15, -0.1) is 0 Å². The first-order chi connectivity index (χ1) is 11.2. The lowest BCUT2D eigenvalue weighted by atomic mass is 10.1. The number of fused-ring (bicyclic) bond motifs is 1. The van der Waals surface area contributed by atoms with Gasteiger partial charge in [-0.1, -0.05) is 31.2 Å². The molecule has 0 atom stereocenters. The summed E-state index contributed by atoms with van der Waals surface area (Å²) < 4.78 is 4.87. The van der Waals surface area contributed by atoms with Crippen LogP contribution in [0.2, 0.25) is 0 Å². The van der Waals surface area contributed by atoms with Gasteiger partial charge in [0.15, 0.2) is 0 Å². The number of methoxy groups -OCH3 is 1. The van der Waals surface area contributed by atoms with Gasteiger partial charge < -0.3 is 9.64 Å². The van der Waals surface area contributed by atoms with Crippen molar-refractivity contribution in [2.75, 3.05) is 44.7 Å². The van der Waals surface area contributed by atoms with E-state index in [4.69, 9.17) is 4.74 Å². The number of pyridine rings is 1. The number of hydrogen-bond donors (Lipinski definition) is 0. The SMILES string of the molecule is CCCN1CCN(c2ncc(C(=O)OC)c3ccccc23)CC1. The van der Waals surface area contributed by atoms with Crippen molar-refractivity contribution in [3.63, 3.8) is 0 Å². The average Bonchev–Trinajstić information content (AvgIpc) is 2.61. The number of benzene rings is 1. The van der Waals surface area contributed by atoms with E-state index in [9.17, 15) is 4.79 Å². The second kappa shape index (κ2) is 6.96. The molecule has 122 valence electrons. The van der Waals surface area contributed by atoms with Crippen molar-refractivity contribution < 1.29 is 9.53 Å². The van der Waals surface area contributed by atoms with E-state index >= 15 is 0 Å². The minimum atomic E-state index is -0.340. The van der Waals surface area contributed by atoms with Gasteiger partial charge in [0.25, 0.3) is 0 Å². The van der Waals surface area contributed by atoms with Crippen LogP contribution in [0.1, 0.15) is 23.7 Å². The van der Waals surface area contributed by atoms with Gasteiger partial charge in [-0.25, -0.2) is 9.78 Å². The average molecular weight is 313 g/mol. The molecule has 1 aromatic heterocycles. The van der Waals surface area contributed by atoms with E-state index in [0.717, 1.165) is 49.3 Å². The van der Waals surface area contributed by atoms with Gasteiger partial charge in [0.2, 0.25) is 0 Å². The number of carbonyl (C=O) groups excluding carboxylic acids is 1. The normalized spacial score (nSPS) is 15.8. The van der Waals surface area contributed by atoms with Gasteiger partial charge in [-0.3, -0.25) is 4.90 Å². The number of hydrogen-bond acceptors (Lipinski definition) is 5. The van der Waals surface area contributed by atoms with E-state index < -0.39 is 0 Å². The third-order valence-corrected chi connectivity index (χ3v) is 4.39. The smallest absolute Gasteiger partial charge is 0.340 e. The fourth-order valence-electron chi connectivity index (χ4n) is 3.20. The van der Waals surface area contributed by atoms with Crippen LogP contribution in [-0.2, 0) is 4.74 Å². The van der Waals surface area contributed by atoms with Gasteiger partial charge in [-0.2, -0.15) is 0 Å². The molecule has 0 radical (unpaired) electrons. The summed E-state index contributed by atoms with van der Waals surface area (Å²) in [6, 6.07) is 7.92. The first-order valence-electron chi connectivity index (χ1n) is 8.18. The maximum atomic E-state index is 11.9. The van der Waals surface area contributed by atoms with Crippen LogP contribution in [0.25, 0.3) is 10.8 Å². The predicted octanol–water partition coefficient (Wildman–Crippen LogP) is 2.55. The molecule has 3 rings (SSSR count). The van der Waals surface area contributed by atoms with E-state index in [2.05, 4.69) is 21.7 Å². The first-order valence-corrected chi connectivity index (χ1v) is 8.18. The van der Waals surface area contributed by atoms with Crippen molar-refractivity contribution >= 4 is 22.6 Å².